The lowest BCUT2D eigenvalue weighted by atomic mass is 10.2. The van der Waals surface area contributed by atoms with Crippen molar-refractivity contribution in [3.63, 3.8) is 0 Å². The van der Waals surface area contributed by atoms with Crippen LogP contribution in [0.2, 0.25) is 0 Å². The summed E-state index contributed by atoms with van der Waals surface area (Å²) < 4.78 is 6.09. The highest BCUT2D eigenvalue weighted by Crippen LogP contribution is 2.36. The van der Waals surface area contributed by atoms with Crippen molar-refractivity contribution in [3.05, 3.63) is 23.1 Å². The Labute approximate surface area is 127 Å². The molecule has 2 rings (SSSR count). The van der Waals surface area contributed by atoms with Gasteiger partial charge in [0.25, 0.3) is 5.91 Å². The van der Waals surface area contributed by atoms with Gasteiger partial charge < -0.3 is 15.4 Å². The Morgan fingerprint density at radius 3 is 2.90 bits per heavy atom. The maximum atomic E-state index is 12.5. The third-order valence-electron chi connectivity index (χ3n) is 3.24. The molecule has 0 saturated carbocycles. The number of hydrogen-bond donors (Lipinski definition) is 1. The summed E-state index contributed by atoms with van der Waals surface area (Å²) >= 11 is 1.35. The summed E-state index contributed by atoms with van der Waals surface area (Å²) in [4.78, 5) is 14.5. The van der Waals surface area contributed by atoms with Crippen LogP contribution in [-0.4, -0.2) is 31.5 Å². The minimum atomic E-state index is -0.213. The van der Waals surface area contributed by atoms with Gasteiger partial charge in [-0.15, -0.1) is 11.3 Å². The van der Waals surface area contributed by atoms with Crippen molar-refractivity contribution in [2.45, 2.75) is 6.92 Å². The number of methoxy groups -OCH3 is 1. The molecule has 1 atom stereocenters. The number of nitrogen functional groups attached to an aromatic ring is 1. The van der Waals surface area contributed by atoms with E-state index in [1.807, 2.05) is 18.2 Å². The average molecular weight is 303 g/mol. The lowest BCUT2D eigenvalue weighted by Gasteiger charge is -2.17. The maximum absolute atomic E-state index is 12.5. The lowest BCUT2D eigenvalue weighted by Crippen LogP contribution is -2.30. The van der Waals surface area contributed by atoms with Gasteiger partial charge in [0.2, 0.25) is 0 Å². The van der Waals surface area contributed by atoms with Crippen LogP contribution in [0.25, 0.3) is 10.1 Å². The molecule has 0 spiro atoms. The number of anilines is 1. The molecule has 1 aromatic carbocycles. The maximum Gasteiger partial charge on any atom is 0.265 e. The summed E-state index contributed by atoms with van der Waals surface area (Å²) in [6, 6.07) is 7.66. The van der Waals surface area contributed by atoms with Gasteiger partial charge in [-0.3, -0.25) is 4.79 Å². The van der Waals surface area contributed by atoms with Gasteiger partial charge in [0.1, 0.15) is 10.6 Å². The van der Waals surface area contributed by atoms with Crippen LogP contribution in [0, 0.1) is 17.2 Å². The number of fused-ring (bicyclic) bond motifs is 1. The van der Waals surface area contributed by atoms with Gasteiger partial charge in [0, 0.05) is 23.7 Å². The topological polar surface area (TPSA) is 79.3 Å². The second-order valence-electron chi connectivity index (χ2n) is 4.92. The molecule has 1 amide bonds. The molecule has 1 aromatic heterocycles. The quantitative estimate of drug-likeness (QED) is 0.941. The van der Waals surface area contributed by atoms with E-state index in [4.69, 9.17) is 15.7 Å². The number of ether oxygens (including phenoxy) is 1. The first kappa shape index (κ1) is 15.1. The molecule has 2 aromatic rings. The van der Waals surface area contributed by atoms with Crippen molar-refractivity contribution in [1.29, 1.82) is 5.26 Å². The van der Waals surface area contributed by atoms with Crippen molar-refractivity contribution in [1.82, 2.24) is 4.90 Å². The Bertz CT molecular complexity index is 718. The predicted octanol–water partition coefficient (Wildman–Crippen LogP) is 2.72. The van der Waals surface area contributed by atoms with Crippen LogP contribution in [-0.2, 0) is 0 Å². The van der Waals surface area contributed by atoms with Crippen molar-refractivity contribution < 1.29 is 9.53 Å². The van der Waals surface area contributed by atoms with E-state index in [1.165, 1.54) is 16.2 Å². The fraction of sp³-hybridized carbons (Fsp3) is 0.333. The third-order valence-corrected chi connectivity index (χ3v) is 4.40. The Hall–Kier alpha value is -2.26. The summed E-state index contributed by atoms with van der Waals surface area (Å²) in [7, 11) is 3.28. The van der Waals surface area contributed by atoms with Gasteiger partial charge in [-0.2, -0.15) is 5.26 Å². The fourth-order valence-electron chi connectivity index (χ4n) is 2.09. The molecule has 0 aliphatic heterocycles. The van der Waals surface area contributed by atoms with E-state index >= 15 is 0 Å². The first-order valence-corrected chi connectivity index (χ1v) is 7.30. The molecule has 0 saturated heterocycles. The van der Waals surface area contributed by atoms with Crippen molar-refractivity contribution in [2.75, 3.05) is 26.4 Å². The van der Waals surface area contributed by atoms with Gasteiger partial charge >= 0.3 is 0 Å². The Morgan fingerprint density at radius 1 is 1.57 bits per heavy atom. The highest BCUT2D eigenvalue weighted by Gasteiger charge is 2.21. The molecule has 0 radical (unpaired) electrons. The molecule has 5 nitrogen and oxygen atoms in total. The Kier molecular flexibility index (Phi) is 4.34. The van der Waals surface area contributed by atoms with Crippen LogP contribution in [0.1, 0.15) is 16.6 Å². The molecular formula is C15H17N3O2S. The number of hydrogen-bond acceptors (Lipinski definition) is 5. The van der Waals surface area contributed by atoms with Crippen molar-refractivity contribution in [2.24, 2.45) is 5.92 Å². The molecule has 0 aliphatic carbocycles. The van der Waals surface area contributed by atoms with Crippen LogP contribution in [0.4, 0.5) is 5.69 Å². The van der Waals surface area contributed by atoms with E-state index in [2.05, 4.69) is 6.07 Å². The zero-order chi connectivity index (χ0) is 15.6. The summed E-state index contributed by atoms with van der Waals surface area (Å²) in [5.74, 6) is 0.360. The Balaban J connectivity index is 2.35. The molecule has 21 heavy (non-hydrogen) atoms. The second-order valence-corrected chi connectivity index (χ2v) is 5.97. The number of carbonyl (C=O) groups excluding carboxylic acids is 1. The smallest absolute Gasteiger partial charge is 0.265 e. The number of nitriles is 1. The predicted molar refractivity (Wildman–Crippen MR) is 84.5 cm³/mol. The van der Waals surface area contributed by atoms with E-state index in [9.17, 15) is 4.79 Å². The fourth-order valence-corrected chi connectivity index (χ4v) is 3.24. The molecule has 0 fully saturated rings. The number of nitrogens with two attached hydrogens (primary N) is 1. The number of rotatable bonds is 4. The zero-order valence-corrected chi connectivity index (χ0v) is 13.0. The van der Waals surface area contributed by atoms with E-state index in [0.717, 1.165) is 15.8 Å². The normalized spacial score (nSPS) is 11.9. The minimum absolute atomic E-state index is 0.158. The average Bonchev–Trinajstić information content (AvgIpc) is 2.82. The van der Waals surface area contributed by atoms with Crippen LogP contribution in [0.5, 0.6) is 5.75 Å². The highest BCUT2D eigenvalue weighted by atomic mass is 32.1. The van der Waals surface area contributed by atoms with Gasteiger partial charge in [-0.1, -0.05) is 0 Å². The first-order valence-electron chi connectivity index (χ1n) is 6.49. The molecule has 0 bridgehead atoms. The van der Waals surface area contributed by atoms with Crippen LogP contribution in [0.3, 0.4) is 0 Å². The summed E-state index contributed by atoms with van der Waals surface area (Å²) in [5.41, 5.74) is 6.57. The SMILES string of the molecule is COc1ccc2c(N)c(C(=O)N(C)CC(C)C#N)sc2c1. The van der Waals surface area contributed by atoms with Crippen LogP contribution >= 0.6 is 11.3 Å². The highest BCUT2D eigenvalue weighted by molar-refractivity contribution is 7.21. The lowest BCUT2D eigenvalue weighted by molar-refractivity contribution is 0.0791. The molecular weight excluding hydrogens is 286 g/mol. The third kappa shape index (κ3) is 2.93. The largest absolute Gasteiger partial charge is 0.497 e. The van der Waals surface area contributed by atoms with Crippen LogP contribution < -0.4 is 10.5 Å². The number of nitrogens with zero attached hydrogens (tertiary/aromatic N) is 2. The van der Waals surface area contributed by atoms with E-state index in [0.29, 0.717) is 17.1 Å². The summed E-state index contributed by atoms with van der Waals surface area (Å²) in [6.45, 7) is 2.16. The van der Waals surface area contributed by atoms with Gasteiger partial charge in [0.05, 0.1) is 24.8 Å². The van der Waals surface area contributed by atoms with Crippen molar-refractivity contribution in [3.8, 4) is 11.8 Å². The number of carbonyl (C=O) groups is 1. The molecule has 1 heterocycles. The minimum Gasteiger partial charge on any atom is -0.497 e. The second kappa shape index (κ2) is 6.02. The number of benzene rings is 1. The van der Waals surface area contributed by atoms with Crippen molar-refractivity contribution >= 4 is 33.0 Å². The molecule has 2 N–H and O–H groups in total. The monoisotopic (exact) mass is 303 g/mol. The molecule has 0 aliphatic rings. The molecule has 110 valence electrons. The molecule has 6 heteroatoms. The Morgan fingerprint density at radius 2 is 2.29 bits per heavy atom. The van der Waals surface area contributed by atoms with Gasteiger partial charge in [-0.25, -0.2) is 0 Å². The zero-order valence-electron chi connectivity index (χ0n) is 12.2. The van der Waals surface area contributed by atoms with Gasteiger partial charge in [-0.05, 0) is 25.1 Å². The van der Waals surface area contributed by atoms with Gasteiger partial charge in [0.15, 0.2) is 0 Å². The molecule has 1 unspecified atom stereocenters. The summed E-state index contributed by atoms with van der Waals surface area (Å²) in [5, 5.41) is 9.69. The van der Waals surface area contributed by atoms with E-state index in [-0.39, 0.29) is 11.8 Å². The van der Waals surface area contributed by atoms with E-state index < -0.39 is 0 Å². The number of amides is 1. The summed E-state index contributed by atoms with van der Waals surface area (Å²) in [6.07, 6.45) is 0. The van der Waals surface area contributed by atoms with E-state index in [1.54, 1.807) is 21.1 Å². The number of thiophene rings is 1. The standard InChI is InChI=1S/C15H17N3O2S/c1-9(7-16)8-18(2)15(19)14-13(17)11-5-4-10(20-3)6-12(11)21-14/h4-6,9H,8,17H2,1-3H3. The first-order chi connectivity index (χ1) is 9.97. The van der Waals surface area contributed by atoms with Crippen LogP contribution in [0.15, 0.2) is 18.2 Å².